The Labute approximate surface area is 134 Å². The van der Waals surface area contributed by atoms with Crippen LogP contribution in [0.2, 0.25) is 0 Å². The standard InChI is InChI=1S/2C2H2Cl2O2.2ClH.2H3N.Pt/c2*3-1(4)2(5)6;;;;;/h2*1H,(H,5,6);2*1H;2*1H3;/q;;;;;;+2/p-4. The van der Waals surface area contributed by atoms with Gasteiger partial charge in [-0.3, -0.25) is 0 Å². The molecule has 17 heavy (non-hydrogen) atoms. The van der Waals surface area contributed by atoms with E-state index in [4.69, 9.17) is 65.2 Å². The average molecular weight is 556 g/mol. The molecule has 0 aliphatic rings. The van der Waals surface area contributed by atoms with Gasteiger partial charge in [0.1, 0.15) is 9.67 Å². The van der Waals surface area contributed by atoms with Gasteiger partial charge in [-0.05, 0) is 0 Å². The molecule has 0 rings (SSSR count). The summed E-state index contributed by atoms with van der Waals surface area (Å²) in [5.41, 5.74) is 0. The second kappa shape index (κ2) is 22.5. The molecule has 0 aliphatic heterocycles. The number of carboxylic acids is 2. The molecular formula is C4H8Cl6N2O4Pt-2. The molecule has 0 heterocycles. The van der Waals surface area contributed by atoms with Crippen LogP contribution >= 0.6 is 65.2 Å². The van der Waals surface area contributed by atoms with Crippen molar-refractivity contribution in [3.05, 3.63) is 0 Å². The van der Waals surface area contributed by atoms with Crippen molar-refractivity contribution < 1.29 is 36.3 Å². The van der Waals surface area contributed by atoms with E-state index in [0.717, 1.165) is 0 Å². The second-order valence-corrected chi connectivity index (χ2v) is 6.76. The van der Waals surface area contributed by atoms with Crippen LogP contribution in [-0.4, -0.2) is 21.6 Å². The minimum atomic E-state index is -1.46. The van der Waals surface area contributed by atoms with Crippen molar-refractivity contribution in [1.82, 2.24) is 12.3 Å². The molecule has 0 atom stereocenters. The molecule has 13 heteroatoms. The van der Waals surface area contributed by atoms with Crippen LogP contribution in [0.3, 0.4) is 0 Å². The summed E-state index contributed by atoms with van der Waals surface area (Å²) in [7, 11) is 9.75. The number of hydrogen-bond acceptors (Lipinski definition) is 6. The molecule has 0 fully saturated rings. The number of aliphatic carboxylic acids is 2. The van der Waals surface area contributed by atoms with Crippen LogP contribution in [0, 0.1) is 0 Å². The molecule has 0 aromatic rings. The molecule has 6 nitrogen and oxygen atoms in total. The van der Waals surface area contributed by atoms with E-state index in [-0.39, 0.29) is 12.3 Å². The van der Waals surface area contributed by atoms with Gasteiger partial charge in [-0.1, -0.05) is 46.4 Å². The van der Waals surface area contributed by atoms with Crippen molar-refractivity contribution in [2.45, 2.75) is 9.67 Å². The number of hydrogen-bond donors (Lipinski definition) is 2. The number of halogens is 6. The molecule has 0 spiro atoms. The molecule has 0 bridgehead atoms. The fourth-order valence-corrected chi connectivity index (χ4v) is 0. The van der Waals surface area contributed by atoms with Crippen LogP contribution in [-0.2, 0) is 26.1 Å². The van der Waals surface area contributed by atoms with Crippen LogP contribution in [0.25, 0.3) is 0 Å². The first-order valence-corrected chi connectivity index (χ1v) is 9.88. The quantitative estimate of drug-likeness (QED) is 0.481. The maximum absolute atomic E-state index is 9.32. The summed E-state index contributed by atoms with van der Waals surface area (Å²) in [4.78, 5) is 15.9. The van der Waals surface area contributed by atoms with E-state index >= 15 is 0 Å². The van der Waals surface area contributed by atoms with E-state index in [2.05, 4.69) is 0 Å². The predicted octanol–water partition coefficient (Wildman–Crippen LogP) is 0.780. The molecule has 0 aliphatic carbocycles. The summed E-state index contributed by atoms with van der Waals surface area (Å²) >= 11 is 18.4. The summed E-state index contributed by atoms with van der Waals surface area (Å²) in [6.45, 7) is 0. The Kier molecular flexibility index (Phi) is 40.9. The Hall–Kier alpha value is 1.29. The van der Waals surface area contributed by atoms with Gasteiger partial charge in [0.15, 0.2) is 0 Å². The first-order valence-electron chi connectivity index (χ1n) is 2.51. The number of rotatable bonds is 2. The second-order valence-electron chi connectivity index (χ2n) is 1.28. The van der Waals surface area contributed by atoms with Crippen molar-refractivity contribution in [3.8, 4) is 0 Å². The van der Waals surface area contributed by atoms with E-state index in [0.29, 0.717) is 0 Å². The fraction of sp³-hybridized carbons (Fsp3) is 0.500. The van der Waals surface area contributed by atoms with Gasteiger partial charge in [0.2, 0.25) is 0 Å². The zero-order chi connectivity index (χ0) is 13.0. The molecular weight excluding hydrogens is 548 g/mol. The van der Waals surface area contributed by atoms with Gasteiger partial charge >= 0.3 is 35.3 Å². The zero-order valence-corrected chi connectivity index (χ0v) is 14.6. The summed E-state index contributed by atoms with van der Waals surface area (Å²) < 4.78 is 0. The van der Waals surface area contributed by atoms with Gasteiger partial charge in [0.05, 0.1) is 11.9 Å². The Morgan fingerprint density at radius 2 is 0.882 bits per heavy atom. The van der Waals surface area contributed by atoms with Gasteiger partial charge in [0, 0.05) is 0 Å². The number of carbonyl (C=O) groups is 2. The predicted molar refractivity (Wildman–Crippen MR) is 62.8 cm³/mol. The van der Waals surface area contributed by atoms with Crippen LogP contribution in [0.5, 0.6) is 0 Å². The van der Waals surface area contributed by atoms with Crippen molar-refractivity contribution in [2.75, 3.05) is 0 Å². The third kappa shape index (κ3) is 46.8. The zero-order valence-electron chi connectivity index (χ0n) is 7.79. The molecule has 0 saturated heterocycles. The molecule has 112 valence electrons. The van der Waals surface area contributed by atoms with Gasteiger partial charge < -0.3 is 32.1 Å². The SMILES string of the molecule is N.N.O=C([O-])C(Cl)Cl.O=C([O-])C(Cl)Cl.[Cl][Pt][Cl]. The normalized spacial score (nSPS) is 7.76. The summed E-state index contributed by atoms with van der Waals surface area (Å²) in [6, 6.07) is 0. The summed E-state index contributed by atoms with van der Waals surface area (Å²) in [6.07, 6.45) is 0. The fourth-order valence-electron chi connectivity index (χ4n) is 0. The van der Waals surface area contributed by atoms with E-state index in [1.165, 1.54) is 0 Å². The Morgan fingerprint density at radius 1 is 0.824 bits per heavy atom. The van der Waals surface area contributed by atoms with Crippen LogP contribution in [0.1, 0.15) is 0 Å². The monoisotopic (exact) mass is 553 g/mol. The van der Waals surface area contributed by atoms with Crippen molar-refractivity contribution in [3.63, 3.8) is 0 Å². The van der Waals surface area contributed by atoms with Gasteiger partial charge in [-0.2, -0.15) is 0 Å². The molecule has 0 unspecified atom stereocenters. The topological polar surface area (TPSA) is 150 Å². The van der Waals surface area contributed by atoms with Gasteiger partial charge in [-0.25, -0.2) is 0 Å². The third-order valence-corrected chi connectivity index (χ3v) is 1.07. The van der Waals surface area contributed by atoms with Crippen LogP contribution in [0.4, 0.5) is 0 Å². The van der Waals surface area contributed by atoms with E-state index in [9.17, 15) is 19.8 Å². The first kappa shape index (κ1) is 31.0. The Morgan fingerprint density at radius 3 is 0.882 bits per heavy atom. The van der Waals surface area contributed by atoms with E-state index < -0.39 is 38.1 Å². The summed E-state index contributed by atoms with van der Waals surface area (Å²) in [5, 5.41) is 18.6. The van der Waals surface area contributed by atoms with Crippen LogP contribution in [0.15, 0.2) is 0 Å². The molecule has 6 N–H and O–H groups in total. The Balaban J connectivity index is -0.0000000421. The average Bonchev–Trinajstić information content (AvgIpc) is 2.06. The van der Waals surface area contributed by atoms with E-state index in [1.807, 2.05) is 0 Å². The van der Waals surface area contributed by atoms with Crippen molar-refractivity contribution in [1.29, 1.82) is 0 Å². The molecule has 0 aromatic carbocycles. The van der Waals surface area contributed by atoms with E-state index in [1.54, 1.807) is 0 Å². The first-order chi connectivity index (χ1) is 6.70. The number of carboxylic acid groups (broad SMARTS) is 2. The molecule has 0 amide bonds. The van der Waals surface area contributed by atoms with Gasteiger partial charge in [-0.15, -0.1) is 0 Å². The number of alkyl halides is 4. The molecule has 0 radical (unpaired) electrons. The van der Waals surface area contributed by atoms with Crippen LogP contribution < -0.4 is 22.5 Å². The van der Waals surface area contributed by atoms with Crippen molar-refractivity contribution >= 4 is 77.2 Å². The molecule has 0 aromatic heterocycles. The molecule has 0 saturated carbocycles. The number of carbonyl (C=O) groups excluding carboxylic acids is 2. The van der Waals surface area contributed by atoms with Gasteiger partial charge in [0.25, 0.3) is 0 Å². The van der Waals surface area contributed by atoms with Crippen molar-refractivity contribution in [2.24, 2.45) is 0 Å². The maximum atomic E-state index is 9.32. The summed E-state index contributed by atoms with van der Waals surface area (Å²) in [5.74, 6) is -2.92. The third-order valence-electron chi connectivity index (χ3n) is 0.356. The Bertz CT molecular complexity index is 167. The minimum absolute atomic E-state index is 0.